The lowest BCUT2D eigenvalue weighted by molar-refractivity contribution is 0.0750. The van der Waals surface area contributed by atoms with Gasteiger partial charge in [0.15, 0.2) is 0 Å². The van der Waals surface area contributed by atoms with Gasteiger partial charge in [-0.1, -0.05) is 48.5 Å². The Balaban J connectivity index is 1.49. The van der Waals surface area contributed by atoms with Crippen molar-refractivity contribution >= 4 is 33.3 Å². The van der Waals surface area contributed by atoms with E-state index in [-0.39, 0.29) is 5.91 Å². The maximum atomic E-state index is 13.6. The topological polar surface area (TPSA) is 49.3 Å². The van der Waals surface area contributed by atoms with Crippen molar-refractivity contribution < 1.29 is 4.79 Å². The number of aromatic nitrogens is 2. The number of hydrogen-bond acceptors (Lipinski definition) is 4. The van der Waals surface area contributed by atoms with Crippen LogP contribution in [0.15, 0.2) is 73.2 Å². The van der Waals surface area contributed by atoms with E-state index in [0.29, 0.717) is 13.1 Å². The summed E-state index contributed by atoms with van der Waals surface area (Å²) in [6.45, 7) is 2.86. The number of piperazine rings is 1. The van der Waals surface area contributed by atoms with Crippen LogP contribution in [0.25, 0.3) is 21.5 Å². The molecule has 0 aliphatic carbocycles. The Labute approximate surface area is 163 Å². The Morgan fingerprint density at radius 2 is 1.46 bits per heavy atom. The molecule has 5 heteroatoms. The molecule has 1 fully saturated rings. The lowest BCUT2D eigenvalue weighted by Crippen LogP contribution is -2.49. The Morgan fingerprint density at radius 3 is 2.07 bits per heavy atom. The number of amides is 1. The second-order valence-electron chi connectivity index (χ2n) is 7.04. The lowest BCUT2D eigenvalue weighted by Gasteiger charge is -2.35. The van der Waals surface area contributed by atoms with Gasteiger partial charge in [0.2, 0.25) is 0 Å². The Bertz CT molecular complexity index is 1100. The van der Waals surface area contributed by atoms with Crippen molar-refractivity contribution in [3.63, 3.8) is 0 Å². The SMILES string of the molecule is O=C(c1c2ccccc2cc2ccccc12)N1CCN(c2cnccn2)CC1. The third-order valence-electron chi connectivity index (χ3n) is 5.43. The monoisotopic (exact) mass is 368 g/mol. The summed E-state index contributed by atoms with van der Waals surface area (Å²) in [5, 5.41) is 4.23. The van der Waals surface area contributed by atoms with E-state index in [0.717, 1.165) is 46.0 Å². The summed E-state index contributed by atoms with van der Waals surface area (Å²) in [5.41, 5.74) is 0.807. The van der Waals surface area contributed by atoms with Crippen LogP contribution in [-0.4, -0.2) is 47.0 Å². The minimum Gasteiger partial charge on any atom is -0.352 e. The van der Waals surface area contributed by atoms with Crippen molar-refractivity contribution in [2.24, 2.45) is 0 Å². The highest BCUT2D eigenvalue weighted by molar-refractivity contribution is 6.18. The first-order valence-electron chi connectivity index (χ1n) is 9.52. The highest BCUT2D eigenvalue weighted by Crippen LogP contribution is 2.30. The molecule has 1 aliphatic rings. The van der Waals surface area contributed by atoms with Crippen LogP contribution in [0.2, 0.25) is 0 Å². The largest absolute Gasteiger partial charge is 0.352 e. The van der Waals surface area contributed by atoms with Gasteiger partial charge in [0.25, 0.3) is 5.91 Å². The van der Waals surface area contributed by atoms with Crippen molar-refractivity contribution in [2.45, 2.75) is 0 Å². The fourth-order valence-corrected chi connectivity index (χ4v) is 4.00. The summed E-state index contributed by atoms with van der Waals surface area (Å²) in [6, 6.07) is 18.4. The van der Waals surface area contributed by atoms with Gasteiger partial charge in [0, 0.05) is 38.6 Å². The fourth-order valence-electron chi connectivity index (χ4n) is 4.00. The van der Waals surface area contributed by atoms with Gasteiger partial charge in [0.05, 0.1) is 11.8 Å². The number of nitrogens with zero attached hydrogens (tertiary/aromatic N) is 4. The zero-order valence-corrected chi connectivity index (χ0v) is 15.5. The van der Waals surface area contributed by atoms with E-state index in [2.05, 4.69) is 33.1 Å². The molecule has 0 bridgehead atoms. The number of benzene rings is 3. The van der Waals surface area contributed by atoms with Crippen LogP contribution in [0.5, 0.6) is 0 Å². The van der Waals surface area contributed by atoms with Crippen LogP contribution in [0.1, 0.15) is 10.4 Å². The van der Waals surface area contributed by atoms with E-state index in [1.54, 1.807) is 18.6 Å². The van der Waals surface area contributed by atoms with Crippen LogP contribution < -0.4 is 4.90 Å². The van der Waals surface area contributed by atoms with Gasteiger partial charge in [0.1, 0.15) is 5.82 Å². The summed E-state index contributed by atoms with van der Waals surface area (Å²) in [4.78, 5) is 26.2. The second kappa shape index (κ2) is 6.93. The number of carbonyl (C=O) groups is 1. The minimum atomic E-state index is 0.104. The van der Waals surface area contributed by atoms with Crippen LogP contribution in [-0.2, 0) is 0 Å². The average molecular weight is 368 g/mol. The summed E-state index contributed by atoms with van der Waals surface area (Å²) in [7, 11) is 0. The molecule has 1 amide bonds. The molecule has 1 aromatic heterocycles. The average Bonchev–Trinajstić information content (AvgIpc) is 2.77. The van der Waals surface area contributed by atoms with Crippen molar-refractivity contribution in [3.05, 3.63) is 78.8 Å². The third kappa shape index (κ3) is 2.85. The number of anilines is 1. The molecule has 0 radical (unpaired) electrons. The predicted octanol–water partition coefficient (Wildman–Crippen LogP) is 3.75. The van der Waals surface area contributed by atoms with Gasteiger partial charge in [-0.05, 0) is 27.6 Å². The number of rotatable bonds is 2. The first-order valence-corrected chi connectivity index (χ1v) is 9.52. The summed E-state index contributed by atoms with van der Waals surface area (Å²) in [6.07, 6.45) is 5.15. The molecule has 3 aromatic carbocycles. The summed E-state index contributed by atoms with van der Waals surface area (Å²) >= 11 is 0. The first-order chi connectivity index (χ1) is 13.8. The molecule has 1 saturated heterocycles. The van der Waals surface area contributed by atoms with Crippen LogP contribution >= 0.6 is 0 Å². The van der Waals surface area contributed by atoms with Gasteiger partial charge in [-0.2, -0.15) is 0 Å². The second-order valence-corrected chi connectivity index (χ2v) is 7.04. The maximum Gasteiger partial charge on any atom is 0.255 e. The third-order valence-corrected chi connectivity index (χ3v) is 5.43. The Morgan fingerprint density at radius 1 is 0.821 bits per heavy atom. The van der Waals surface area contributed by atoms with E-state index < -0.39 is 0 Å². The van der Waals surface area contributed by atoms with Gasteiger partial charge in [-0.15, -0.1) is 0 Å². The molecule has 0 unspecified atom stereocenters. The van der Waals surface area contributed by atoms with Crippen LogP contribution in [0.4, 0.5) is 5.82 Å². The Kier molecular flexibility index (Phi) is 4.13. The molecule has 4 aromatic rings. The zero-order chi connectivity index (χ0) is 18.9. The molecule has 0 N–H and O–H groups in total. The maximum absolute atomic E-state index is 13.6. The van der Waals surface area contributed by atoms with E-state index in [1.807, 2.05) is 41.3 Å². The number of carbonyl (C=O) groups excluding carboxylic acids is 1. The van der Waals surface area contributed by atoms with E-state index in [1.165, 1.54) is 0 Å². The highest BCUT2D eigenvalue weighted by Gasteiger charge is 2.25. The van der Waals surface area contributed by atoms with Crippen molar-refractivity contribution in [3.8, 4) is 0 Å². The Hall–Kier alpha value is -3.47. The van der Waals surface area contributed by atoms with Gasteiger partial charge in [-0.25, -0.2) is 4.98 Å². The first kappa shape index (κ1) is 16.7. The molecule has 0 atom stereocenters. The number of hydrogen-bond donors (Lipinski definition) is 0. The molecular formula is C23H20N4O. The molecule has 2 heterocycles. The van der Waals surface area contributed by atoms with Crippen molar-refractivity contribution in [2.75, 3.05) is 31.1 Å². The molecule has 138 valence electrons. The van der Waals surface area contributed by atoms with Crippen molar-refractivity contribution in [1.29, 1.82) is 0 Å². The van der Waals surface area contributed by atoms with Gasteiger partial charge in [-0.3, -0.25) is 9.78 Å². The fraction of sp³-hybridized carbons (Fsp3) is 0.174. The zero-order valence-electron chi connectivity index (χ0n) is 15.5. The number of fused-ring (bicyclic) bond motifs is 2. The lowest BCUT2D eigenvalue weighted by atomic mass is 9.95. The quantitative estimate of drug-likeness (QED) is 0.506. The van der Waals surface area contributed by atoms with Crippen molar-refractivity contribution in [1.82, 2.24) is 14.9 Å². The van der Waals surface area contributed by atoms with E-state index in [4.69, 9.17) is 0 Å². The molecule has 0 saturated carbocycles. The summed E-state index contributed by atoms with van der Waals surface area (Å²) in [5.74, 6) is 0.969. The van der Waals surface area contributed by atoms with Crippen LogP contribution in [0.3, 0.4) is 0 Å². The minimum absolute atomic E-state index is 0.104. The van der Waals surface area contributed by atoms with E-state index >= 15 is 0 Å². The highest BCUT2D eigenvalue weighted by atomic mass is 16.2. The molecule has 1 aliphatic heterocycles. The van der Waals surface area contributed by atoms with Crippen LogP contribution in [0, 0.1) is 0 Å². The smallest absolute Gasteiger partial charge is 0.255 e. The van der Waals surface area contributed by atoms with E-state index in [9.17, 15) is 4.79 Å². The normalized spacial score (nSPS) is 14.6. The molecule has 5 nitrogen and oxygen atoms in total. The molecule has 0 spiro atoms. The molecule has 28 heavy (non-hydrogen) atoms. The molecule has 5 rings (SSSR count). The molecular weight excluding hydrogens is 348 g/mol. The van der Waals surface area contributed by atoms with Gasteiger partial charge >= 0.3 is 0 Å². The van der Waals surface area contributed by atoms with Gasteiger partial charge < -0.3 is 9.80 Å². The predicted molar refractivity (Wildman–Crippen MR) is 112 cm³/mol. The summed E-state index contributed by atoms with van der Waals surface area (Å²) < 4.78 is 0. The standard InChI is InChI=1S/C23H20N4O/c28-23(27-13-11-26(12-14-27)21-16-24-9-10-25-21)22-19-7-3-1-5-17(19)15-18-6-2-4-8-20(18)22/h1-10,15-16H,11-14H2.